The number of amides is 2. The van der Waals surface area contributed by atoms with Gasteiger partial charge in [0.05, 0.1) is 19.1 Å². The average molecular weight is 273 g/mol. The van der Waals surface area contributed by atoms with Gasteiger partial charge in [-0.2, -0.15) is 5.26 Å². The van der Waals surface area contributed by atoms with Crippen molar-refractivity contribution in [3.63, 3.8) is 0 Å². The van der Waals surface area contributed by atoms with Gasteiger partial charge in [0.2, 0.25) is 11.8 Å². The summed E-state index contributed by atoms with van der Waals surface area (Å²) in [7, 11) is 0. The summed E-state index contributed by atoms with van der Waals surface area (Å²) in [6.45, 7) is 0.472. The van der Waals surface area contributed by atoms with Gasteiger partial charge in [-0.25, -0.2) is 0 Å². The summed E-state index contributed by atoms with van der Waals surface area (Å²) in [6, 6.07) is 8.70. The molecule has 2 N–H and O–H groups in total. The Morgan fingerprint density at radius 1 is 1.45 bits per heavy atom. The third kappa shape index (κ3) is 3.72. The number of imide groups is 1. The van der Waals surface area contributed by atoms with Gasteiger partial charge in [0, 0.05) is 18.2 Å². The molecule has 1 heterocycles. The fourth-order valence-electron chi connectivity index (χ4n) is 1.89. The van der Waals surface area contributed by atoms with Crippen LogP contribution in [-0.2, 0) is 9.59 Å². The van der Waals surface area contributed by atoms with Crippen molar-refractivity contribution in [3.05, 3.63) is 24.3 Å². The molecule has 1 saturated heterocycles. The number of ether oxygens (including phenoxy) is 1. The minimum absolute atomic E-state index is 0.145. The molecule has 0 radical (unpaired) electrons. The van der Waals surface area contributed by atoms with Crippen LogP contribution in [0, 0.1) is 11.3 Å². The van der Waals surface area contributed by atoms with Crippen LogP contribution in [0.15, 0.2) is 24.3 Å². The van der Waals surface area contributed by atoms with Crippen LogP contribution in [0.5, 0.6) is 5.75 Å². The van der Waals surface area contributed by atoms with Crippen LogP contribution in [-0.4, -0.2) is 24.5 Å². The molecule has 20 heavy (non-hydrogen) atoms. The van der Waals surface area contributed by atoms with E-state index in [1.54, 1.807) is 24.3 Å². The van der Waals surface area contributed by atoms with Crippen LogP contribution >= 0.6 is 0 Å². The number of anilines is 1. The number of nitrogens with zero attached hydrogens (tertiary/aromatic N) is 1. The van der Waals surface area contributed by atoms with E-state index in [1.165, 1.54) is 0 Å². The van der Waals surface area contributed by atoms with Crippen molar-refractivity contribution in [2.24, 2.45) is 0 Å². The Labute approximate surface area is 116 Å². The zero-order chi connectivity index (χ0) is 14.4. The Morgan fingerprint density at radius 3 is 3.00 bits per heavy atom. The largest absolute Gasteiger partial charge is 0.493 e. The molecular formula is C14H15N3O3. The topological polar surface area (TPSA) is 91.2 Å². The molecule has 2 rings (SSSR count). The Bertz CT molecular complexity index is 551. The van der Waals surface area contributed by atoms with Gasteiger partial charge in [-0.15, -0.1) is 0 Å². The first-order chi connectivity index (χ1) is 9.69. The van der Waals surface area contributed by atoms with E-state index < -0.39 is 6.04 Å². The first-order valence-corrected chi connectivity index (χ1v) is 6.39. The molecule has 1 aliphatic heterocycles. The summed E-state index contributed by atoms with van der Waals surface area (Å²) in [5.74, 6) is 0.0874. The fourth-order valence-corrected chi connectivity index (χ4v) is 1.89. The Hall–Kier alpha value is -2.55. The highest BCUT2D eigenvalue weighted by atomic mass is 16.5. The number of carbonyl (C=O) groups is 2. The second-order valence-corrected chi connectivity index (χ2v) is 4.45. The van der Waals surface area contributed by atoms with E-state index in [0.29, 0.717) is 25.2 Å². The van der Waals surface area contributed by atoms with Gasteiger partial charge in [0.15, 0.2) is 0 Å². The average Bonchev–Trinajstić information content (AvgIpc) is 2.74. The number of benzene rings is 1. The third-order valence-electron chi connectivity index (χ3n) is 2.85. The first-order valence-electron chi connectivity index (χ1n) is 6.39. The van der Waals surface area contributed by atoms with E-state index in [1.807, 2.05) is 0 Å². The molecule has 1 aromatic carbocycles. The molecule has 6 nitrogen and oxygen atoms in total. The van der Waals surface area contributed by atoms with Crippen LogP contribution in [0.25, 0.3) is 0 Å². The Kier molecular flexibility index (Phi) is 4.56. The lowest BCUT2D eigenvalue weighted by atomic mass is 10.2. The van der Waals surface area contributed by atoms with Crippen LogP contribution in [0.2, 0.25) is 0 Å². The van der Waals surface area contributed by atoms with Crippen LogP contribution in [0.4, 0.5) is 5.69 Å². The predicted octanol–water partition coefficient (Wildman–Crippen LogP) is 1.20. The van der Waals surface area contributed by atoms with Crippen molar-refractivity contribution in [2.45, 2.75) is 25.3 Å². The summed E-state index contributed by atoms with van der Waals surface area (Å²) < 4.78 is 5.50. The summed E-state index contributed by atoms with van der Waals surface area (Å²) >= 11 is 0. The number of carbonyl (C=O) groups excluding carboxylic acids is 2. The fraction of sp³-hybridized carbons (Fsp3) is 0.357. The van der Waals surface area contributed by atoms with Crippen molar-refractivity contribution in [2.75, 3.05) is 11.9 Å². The predicted molar refractivity (Wildman–Crippen MR) is 72.0 cm³/mol. The third-order valence-corrected chi connectivity index (χ3v) is 2.85. The maximum absolute atomic E-state index is 11.5. The van der Waals surface area contributed by atoms with E-state index >= 15 is 0 Å². The number of rotatable bonds is 6. The van der Waals surface area contributed by atoms with Crippen LogP contribution in [0.3, 0.4) is 0 Å². The van der Waals surface area contributed by atoms with Gasteiger partial charge in [-0.1, -0.05) is 6.07 Å². The molecule has 1 unspecified atom stereocenters. The molecule has 1 atom stereocenters. The highest BCUT2D eigenvalue weighted by Gasteiger charge is 2.30. The monoisotopic (exact) mass is 273 g/mol. The lowest BCUT2D eigenvalue weighted by Crippen LogP contribution is -2.29. The molecule has 0 aromatic heterocycles. The second kappa shape index (κ2) is 6.57. The van der Waals surface area contributed by atoms with Crippen molar-refractivity contribution in [3.8, 4) is 11.8 Å². The zero-order valence-corrected chi connectivity index (χ0v) is 10.9. The highest BCUT2D eigenvalue weighted by Crippen LogP contribution is 2.19. The van der Waals surface area contributed by atoms with Crippen LogP contribution < -0.4 is 15.4 Å². The SMILES string of the molecule is N#CCCCOc1cccc(NC2CC(=O)NC2=O)c1. The number of nitrogens with one attached hydrogen (secondary N) is 2. The lowest BCUT2D eigenvalue weighted by Gasteiger charge is -2.12. The molecule has 0 spiro atoms. The van der Waals surface area contributed by atoms with E-state index in [2.05, 4.69) is 16.7 Å². The smallest absolute Gasteiger partial charge is 0.249 e. The molecule has 0 bridgehead atoms. The van der Waals surface area contributed by atoms with Gasteiger partial charge in [-0.05, 0) is 18.6 Å². The van der Waals surface area contributed by atoms with E-state index in [9.17, 15) is 9.59 Å². The second-order valence-electron chi connectivity index (χ2n) is 4.45. The molecule has 2 amide bonds. The van der Waals surface area contributed by atoms with Crippen molar-refractivity contribution < 1.29 is 14.3 Å². The van der Waals surface area contributed by atoms with Crippen molar-refractivity contribution in [1.82, 2.24) is 5.32 Å². The molecule has 1 fully saturated rings. The first kappa shape index (κ1) is 13.9. The van der Waals surface area contributed by atoms with Gasteiger partial charge < -0.3 is 10.1 Å². The standard InChI is InChI=1S/C14H15N3O3/c15-6-1-2-7-20-11-5-3-4-10(8-11)16-12-9-13(18)17-14(12)19/h3-5,8,12,16H,1-2,7,9H2,(H,17,18,19). The molecule has 6 heteroatoms. The molecule has 0 aliphatic carbocycles. The summed E-state index contributed by atoms with van der Waals surface area (Å²) in [5, 5.41) is 13.7. The number of unbranched alkanes of at least 4 members (excludes halogenated alkanes) is 1. The quantitative estimate of drug-likeness (QED) is 0.600. The van der Waals surface area contributed by atoms with Gasteiger partial charge in [0.1, 0.15) is 11.8 Å². The maximum atomic E-state index is 11.5. The summed E-state index contributed by atoms with van der Waals surface area (Å²) in [5.41, 5.74) is 0.720. The maximum Gasteiger partial charge on any atom is 0.249 e. The van der Waals surface area contributed by atoms with Gasteiger partial charge in [-0.3, -0.25) is 14.9 Å². The van der Waals surface area contributed by atoms with Crippen molar-refractivity contribution >= 4 is 17.5 Å². The Balaban J connectivity index is 1.91. The Morgan fingerprint density at radius 2 is 2.30 bits per heavy atom. The molecule has 1 aliphatic rings. The van der Waals surface area contributed by atoms with Gasteiger partial charge >= 0.3 is 0 Å². The highest BCUT2D eigenvalue weighted by molar-refractivity contribution is 6.06. The normalized spacial score (nSPS) is 17.4. The van der Waals surface area contributed by atoms with E-state index in [-0.39, 0.29) is 18.2 Å². The van der Waals surface area contributed by atoms with Crippen molar-refractivity contribution in [1.29, 1.82) is 5.26 Å². The lowest BCUT2D eigenvalue weighted by molar-refractivity contribution is -0.124. The summed E-state index contributed by atoms with van der Waals surface area (Å²) in [6.07, 6.45) is 1.28. The minimum atomic E-state index is -0.531. The molecular weight excluding hydrogens is 258 g/mol. The number of hydrogen-bond donors (Lipinski definition) is 2. The molecule has 0 saturated carbocycles. The van der Waals surface area contributed by atoms with E-state index in [4.69, 9.17) is 10.00 Å². The molecule has 104 valence electrons. The zero-order valence-electron chi connectivity index (χ0n) is 10.9. The summed E-state index contributed by atoms with van der Waals surface area (Å²) in [4.78, 5) is 22.6. The number of hydrogen-bond acceptors (Lipinski definition) is 5. The van der Waals surface area contributed by atoms with Crippen LogP contribution in [0.1, 0.15) is 19.3 Å². The van der Waals surface area contributed by atoms with Gasteiger partial charge in [0.25, 0.3) is 0 Å². The minimum Gasteiger partial charge on any atom is -0.493 e. The molecule has 1 aromatic rings. The van der Waals surface area contributed by atoms with E-state index in [0.717, 1.165) is 5.69 Å². The number of nitriles is 1.